The third kappa shape index (κ3) is 2.27. The summed E-state index contributed by atoms with van der Waals surface area (Å²) in [5.41, 5.74) is 9.18. The minimum atomic E-state index is 0.0175. The van der Waals surface area contributed by atoms with Crippen LogP contribution >= 0.6 is 0 Å². The first-order chi connectivity index (χ1) is 9.75. The summed E-state index contributed by atoms with van der Waals surface area (Å²) in [6.45, 7) is 2.27. The van der Waals surface area contributed by atoms with Crippen molar-refractivity contribution in [3.05, 3.63) is 54.1 Å². The van der Waals surface area contributed by atoms with Crippen molar-refractivity contribution in [2.24, 2.45) is 5.73 Å². The van der Waals surface area contributed by atoms with Crippen LogP contribution in [-0.2, 0) is 12.0 Å². The molecule has 1 aliphatic carbocycles. The molecule has 0 unspecified atom stereocenters. The van der Waals surface area contributed by atoms with Crippen LogP contribution in [-0.4, -0.2) is 9.55 Å². The van der Waals surface area contributed by atoms with Crippen LogP contribution in [0, 0.1) is 0 Å². The summed E-state index contributed by atoms with van der Waals surface area (Å²) in [5.74, 6) is 0. The van der Waals surface area contributed by atoms with Crippen molar-refractivity contribution in [2.45, 2.75) is 50.6 Å². The zero-order chi connectivity index (χ0) is 14.0. The third-order valence-corrected chi connectivity index (χ3v) is 4.80. The Morgan fingerprint density at radius 3 is 2.65 bits per heavy atom. The van der Waals surface area contributed by atoms with Crippen LogP contribution in [0.1, 0.15) is 49.9 Å². The van der Waals surface area contributed by atoms with Gasteiger partial charge < -0.3 is 10.3 Å². The average molecular weight is 269 g/mol. The fraction of sp³-hybridized carbons (Fsp3) is 0.471. The molecule has 1 aromatic carbocycles. The lowest BCUT2D eigenvalue weighted by Crippen LogP contribution is -2.41. The monoisotopic (exact) mass is 269 g/mol. The van der Waals surface area contributed by atoms with Crippen LogP contribution in [0.4, 0.5) is 0 Å². The van der Waals surface area contributed by atoms with E-state index in [0.717, 1.165) is 12.8 Å². The highest BCUT2D eigenvalue weighted by Crippen LogP contribution is 2.43. The first-order valence-electron chi connectivity index (χ1n) is 7.57. The Balaban J connectivity index is 1.82. The quantitative estimate of drug-likeness (QED) is 0.904. The Hall–Kier alpha value is -1.61. The maximum Gasteiger partial charge on any atom is 0.0953 e. The predicted octanol–water partition coefficient (Wildman–Crippen LogP) is 3.41. The van der Waals surface area contributed by atoms with E-state index in [1.54, 1.807) is 0 Å². The number of benzene rings is 1. The van der Waals surface area contributed by atoms with Crippen LogP contribution < -0.4 is 5.73 Å². The van der Waals surface area contributed by atoms with Gasteiger partial charge in [0.05, 0.1) is 18.1 Å². The van der Waals surface area contributed by atoms with E-state index >= 15 is 0 Å². The van der Waals surface area contributed by atoms with Gasteiger partial charge in [0.1, 0.15) is 0 Å². The van der Waals surface area contributed by atoms with Crippen molar-refractivity contribution in [2.75, 3.05) is 0 Å². The summed E-state index contributed by atoms with van der Waals surface area (Å²) >= 11 is 0. The van der Waals surface area contributed by atoms with Gasteiger partial charge in [-0.25, -0.2) is 4.98 Å². The Kier molecular flexibility index (Phi) is 3.62. The first kappa shape index (κ1) is 13.4. The predicted molar refractivity (Wildman–Crippen MR) is 81.4 cm³/mol. The van der Waals surface area contributed by atoms with Crippen LogP contribution in [0.2, 0.25) is 0 Å². The van der Waals surface area contributed by atoms with Gasteiger partial charge in [-0.2, -0.15) is 0 Å². The fourth-order valence-corrected chi connectivity index (χ4v) is 3.30. The van der Waals surface area contributed by atoms with Crippen molar-refractivity contribution < 1.29 is 0 Å². The van der Waals surface area contributed by atoms with E-state index in [9.17, 15) is 0 Å². The summed E-state index contributed by atoms with van der Waals surface area (Å²) in [5, 5.41) is 0. The molecule has 0 amide bonds. The smallest absolute Gasteiger partial charge is 0.0953 e. The number of hydrogen-bond donors (Lipinski definition) is 1. The first-order valence-corrected chi connectivity index (χ1v) is 7.57. The van der Waals surface area contributed by atoms with Gasteiger partial charge in [-0.3, -0.25) is 0 Å². The molecular weight excluding hydrogens is 246 g/mol. The van der Waals surface area contributed by atoms with E-state index in [4.69, 9.17) is 5.73 Å². The molecule has 3 nitrogen and oxygen atoms in total. The van der Waals surface area contributed by atoms with Crippen LogP contribution in [0.15, 0.2) is 42.9 Å². The summed E-state index contributed by atoms with van der Waals surface area (Å²) in [7, 11) is 0. The summed E-state index contributed by atoms with van der Waals surface area (Å²) in [6.07, 6.45) is 9.78. The minimum Gasteiger partial charge on any atom is -0.327 e. The Morgan fingerprint density at radius 2 is 2.05 bits per heavy atom. The zero-order valence-corrected chi connectivity index (χ0v) is 12.1. The van der Waals surface area contributed by atoms with Gasteiger partial charge in [0.25, 0.3) is 0 Å². The lowest BCUT2D eigenvalue weighted by molar-refractivity contribution is 0.130. The van der Waals surface area contributed by atoms with Crippen molar-refractivity contribution in [3.63, 3.8) is 0 Å². The lowest BCUT2D eigenvalue weighted by Gasteiger charge is -2.44. The van der Waals surface area contributed by atoms with E-state index in [2.05, 4.69) is 40.7 Å². The molecule has 0 bridgehead atoms. The SMILES string of the molecule is CCC1(n2cncc2[C@H](N)Cc2ccccc2)CCC1. The van der Waals surface area contributed by atoms with Crippen LogP contribution in [0.3, 0.4) is 0 Å². The number of nitrogens with two attached hydrogens (primary N) is 1. The number of aromatic nitrogens is 2. The largest absolute Gasteiger partial charge is 0.327 e. The van der Waals surface area contributed by atoms with Crippen LogP contribution in [0.25, 0.3) is 0 Å². The molecule has 1 heterocycles. The molecule has 0 spiro atoms. The third-order valence-electron chi connectivity index (χ3n) is 4.80. The van der Waals surface area contributed by atoms with Gasteiger partial charge in [-0.15, -0.1) is 0 Å². The molecular formula is C17H23N3. The van der Waals surface area contributed by atoms with Crippen molar-refractivity contribution >= 4 is 0 Å². The molecule has 1 atom stereocenters. The standard InChI is InChI=1S/C17H23N3/c1-2-17(9-6-10-17)20-13-19-12-16(20)15(18)11-14-7-4-3-5-8-14/h3-5,7-8,12-13,15H,2,6,9-11,18H2,1H3/t15-/m1/s1. The van der Waals surface area contributed by atoms with E-state index < -0.39 is 0 Å². The number of imidazole rings is 1. The van der Waals surface area contributed by atoms with E-state index in [0.29, 0.717) is 0 Å². The van der Waals surface area contributed by atoms with Gasteiger partial charge in [-0.05, 0) is 37.7 Å². The summed E-state index contributed by atoms with van der Waals surface area (Å²) in [4.78, 5) is 4.36. The molecule has 20 heavy (non-hydrogen) atoms. The van der Waals surface area contributed by atoms with Crippen LogP contribution in [0.5, 0.6) is 0 Å². The summed E-state index contributed by atoms with van der Waals surface area (Å²) < 4.78 is 2.35. The second-order valence-corrected chi connectivity index (χ2v) is 5.92. The molecule has 3 rings (SSSR count). The van der Waals surface area contributed by atoms with Gasteiger partial charge in [0.15, 0.2) is 0 Å². The highest BCUT2D eigenvalue weighted by atomic mass is 15.1. The van der Waals surface area contributed by atoms with Crippen molar-refractivity contribution in [3.8, 4) is 0 Å². The zero-order valence-electron chi connectivity index (χ0n) is 12.1. The Labute approximate surface area is 120 Å². The molecule has 1 saturated carbocycles. The second-order valence-electron chi connectivity index (χ2n) is 5.92. The van der Waals surface area contributed by atoms with Crippen molar-refractivity contribution in [1.29, 1.82) is 0 Å². The maximum atomic E-state index is 6.44. The fourth-order valence-electron chi connectivity index (χ4n) is 3.30. The molecule has 1 aliphatic rings. The Morgan fingerprint density at radius 1 is 1.30 bits per heavy atom. The highest BCUT2D eigenvalue weighted by molar-refractivity contribution is 5.19. The molecule has 1 fully saturated rings. The van der Waals surface area contributed by atoms with Gasteiger partial charge in [-0.1, -0.05) is 37.3 Å². The van der Waals surface area contributed by atoms with E-state index in [1.807, 2.05) is 18.6 Å². The molecule has 0 radical (unpaired) electrons. The molecule has 2 N–H and O–H groups in total. The highest BCUT2D eigenvalue weighted by Gasteiger charge is 2.38. The van der Waals surface area contributed by atoms with Gasteiger partial charge in [0.2, 0.25) is 0 Å². The average Bonchev–Trinajstić information content (AvgIpc) is 2.89. The van der Waals surface area contributed by atoms with Gasteiger partial charge >= 0.3 is 0 Å². The molecule has 0 saturated heterocycles. The van der Waals surface area contributed by atoms with Crippen molar-refractivity contribution in [1.82, 2.24) is 9.55 Å². The number of rotatable bonds is 5. The van der Waals surface area contributed by atoms with E-state index in [-0.39, 0.29) is 11.6 Å². The second kappa shape index (κ2) is 5.41. The Bertz CT molecular complexity index is 549. The minimum absolute atomic E-state index is 0.0175. The number of nitrogens with zero attached hydrogens (tertiary/aromatic N) is 2. The van der Waals surface area contributed by atoms with E-state index in [1.165, 1.54) is 30.5 Å². The molecule has 106 valence electrons. The topological polar surface area (TPSA) is 43.8 Å². The normalized spacial score (nSPS) is 18.5. The molecule has 3 heteroatoms. The molecule has 1 aromatic heterocycles. The maximum absolute atomic E-state index is 6.44. The number of hydrogen-bond acceptors (Lipinski definition) is 2. The molecule has 0 aliphatic heterocycles. The molecule has 2 aromatic rings. The summed E-state index contributed by atoms with van der Waals surface area (Å²) in [6, 6.07) is 10.5. The van der Waals surface area contributed by atoms with Gasteiger partial charge in [0, 0.05) is 11.7 Å². The lowest BCUT2D eigenvalue weighted by atomic mass is 9.74.